The van der Waals surface area contributed by atoms with Crippen LogP contribution in [0.3, 0.4) is 0 Å². The third-order valence-corrected chi connectivity index (χ3v) is 5.74. The number of hydrogen-bond donors (Lipinski definition) is 0. The van der Waals surface area contributed by atoms with E-state index in [0.29, 0.717) is 55.9 Å². The lowest BCUT2D eigenvalue weighted by Gasteiger charge is -2.34. The maximum Gasteiger partial charge on any atom is 0.234 e. The minimum atomic E-state index is 0.0737. The van der Waals surface area contributed by atoms with Gasteiger partial charge in [0.1, 0.15) is 35.1 Å². The van der Waals surface area contributed by atoms with Crippen LogP contribution in [-0.2, 0) is 9.47 Å². The van der Waals surface area contributed by atoms with E-state index >= 15 is 0 Å². The van der Waals surface area contributed by atoms with Gasteiger partial charge in [0, 0.05) is 24.6 Å². The average molecular weight is 418 g/mol. The van der Waals surface area contributed by atoms with Gasteiger partial charge in [-0.25, -0.2) is 0 Å². The predicted molar refractivity (Wildman–Crippen MR) is 111 cm³/mol. The smallest absolute Gasteiger partial charge is 0.234 e. The van der Waals surface area contributed by atoms with Crippen LogP contribution < -0.4 is 14.4 Å². The van der Waals surface area contributed by atoms with Crippen LogP contribution in [0.2, 0.25) is 0 Å². The van der Waals surface area contributed by atoms with Gasteiger partial charge in [0.15, 0.2) is 5.82 Å². The third kappa shape index (κ3) is 3.76. The number of nitrogens with zero attached hydrogens (tertiary/aromatic N) is 4. The molecule has 3 fully saturated rings. The average Bonchev–Trinajstić information content (AvgIpc) is 2.68. The van der Waals surface area contributed by atoms with Gasteiger partial charge >= 0.3 is 0 Å². The van der Waals surface area contributed by atoms with Crippen molar-refractivity contribution in [1.29, 1.82) is 10.5 Å². The highest BCUT2D eigenvalue weighted by molar-refractivity contribution is 5.83. The molecular weight excluding hydrogens is 396 g/mol. The molecule has 8 heteroatoms. The number of nitriles is 2. The first-order valence-corrected chi connectivity index (χ1v) is 10.5. The summed E-state index contributed by atoms with van der Waals surface area (Å²) in [5.41, 5.74) is 1.99. The Hall–Kier alpha value is -3.33. The number of hydrogen-bond acceptors (Lipinski definition) is 8. The number of pyridine rings is 1. The maximum absolute atomic E-state index is 10.00. The molecule has 1 aromatic heterocycles. The van der Waals surface area contributed by atoms with Crippen molar-refractivity contribution in [3.63, 3.8) is 0 Å². The summed E-state index contributed by atoms with van der Waals surface area (Å²) >= 11 is 0. The van der Waals surface area contributed by atoms with Crippen LogP contribution >= 0.6 is 0 Å². The molecule has 0 amide bonds. The van der Waals surface area contributed by atoms with Crippen LogP contribution in [0.5, 0.6) is 11.6 Å². The minimum absolute atomic E-state index is 0.0737. The number of rotatable bonds is 7. The SMILES string of the molecule is N#Cc1c(OCC2COC2)nc(N2CCC2)c(C#N)c1-c1ccc(OC2COC2)cc1. The van der Waals surface area contributed by atoms with Crippen LogP contribution in [0, 0.1) is 28.6 Å². The molecule has 0 N–H and O–H groups in total. The zero-order chi connectivity index (χ0) is 21.2. The molecule has 8 nitrogen and oxygen atoms in total. The number of anilines is 1. The summed E-state index contributed by atoms with van der Waals surface area (Å²) in [5.74, 6) is 1.88. The lowest BCUT2D eigenvalue weighted by Crippen LogP contribution is -2.38. The molecule has 0 unspecified atom stereocenters. The fraction of sp³-hybridized carbons (Fsp3) is 0.435. The first kappa shape index (κ1) is 19.6. The Labute approximate surface area is 180 Å². The molecule has 2 aromatic rings. The van der Waals surface area contributed by atoms with Crippen LogP contribution in [0.4, 0.5) is 5.82 Å². The monoisotopic (exact) mass is 418 g/mol. The van der Waals surface area contributed by atoms with Crippen LogP contribution in [-0.4, -0.2) is 57.2 Å². The zero-order valence-electron chi connectivity index (χ0n) is 17.0. The molecule has 0 aliphatic carbocycles. The molecule has 3 aliphatic heterocycles. The van der Waals surface area contributed by atoms with E-state index in [-0.39, 0.29) is 17.5 Å². The van der Waals surface area contributed by atoms with Crippen molar-refractivity contribution in [3.8, 4) is 34.9 Å². The molecule has 0 saturated carbocycles. The second-order valence-electron chi connectivity index (χ2n) is 7.95. The van der Waals surface area contributed by atoms with Crippen LogP contribution in [0.25, 0.3) is 11.1 Å². The molecule has 0 bridgehead atoms. The standard InChI is InChI=1S/C23H22N4O4/c24-8-19-21(16-2-4-17(5-3-16)31-18-13-29-14-18)20(9-25)23(30-12-15-10-28-11-15)26-22(19)27-6-1-7-27/h2-5,15,18H,1,6-7,10-14H2. The van der Waals surface area contributed by atoms with Crippen molar-refractivity contribution < 1.29 is 18.9 Å². The molecule has 4 heterocycles. The zero-order valence-corrected chi connectivity index (χ0v) is 17.0. The van der Waals surface area contributed by atoms with E-state index < -0.39 is 0 Å². The van der Waals surface area contributed by atoms with E-state index in [1.165, 1.54) is 0 Å². The first-order valence-electron chi connectivity index (χ1n) is 10.5. The molecule has 1 aromatic carbocycles. The second-order valence-corrected chi connectivity index (χ2v) is 7.95. The summed E-state index contributed by atoms with van der Waals surface area (Å²) in [5, 5.41) is 20.0. The summed E-state index contributed by atoms with van der Waals surface area (Å²) in [4.78, 5) is 6.66. The number of ether oxygens (including phenoxy) is 4. The van der Waals surface area contributed by atoms with Crippen molar-refractivity contribution in [3.05, 3.63) is 35.4 Å². The van der Waals surface area contributed by atoms with Crippen LogP contribution in [0.1, 0.15) is 17.5 Å². The van der Waals surface area contributed by atoms with E-state index in [2.05, 4.69) is 22.0 Å². The van der Waals surface area contributed by atoms with Gasteiger partial charge < -0.3 is 23.8 Å². The van der Waals surface area contributed by atoms with Gasteiger partial charge in [-0.05, 0) is 24.1 Å². The quantitative estimate of drug-likeness (QED) is 0.676. The Morgan fingerprint density at radius 3 is 2.23 bits per heavy atom. The molecule has 0 atom stereocenters. The van der Waals surface area contributed by atoms with E-state index in [4.69, 9.17) is 18.9 Å². The predicted octanol–water partition coefficient (Wildman–Crippen LogP) is 2.50. The summed E-state index contributed by atoms with van der Waals surface area (Å²) in [6.45, 7) is 4.58. The molecule has 0 radical (unpaired) electrons. The minimum Gasteiger partial charge on any atom is -0.486 e. The molecule has 31 heavy (non-hydrogen) atoms. The Balaban J connectivity index is 1.54. The van der Waals surface area contributed by atoms with Gasteiger partial charge in [0.25, 0.3) is 0 Å². The fourth-order valence-corrected chi connectivity index (χ4v) is 3.66. The van der Waals surface area contributed by atoms with E-state index in [1.54, 1.807) is 0 Å². The molecule has 3 saturated heterocycles. The van der Waals surface area contributed by atoms with Gasteiger partial charge in [-0.1, -0.05) is 12.1 Å². The number of benzene rings is 1. The second kappa shape index (κ2) is 8.43. The Bertz CT molecular complexity index is 1050. The summed E-state index contributed by atoms with van der Waals surface area (Å²) < 4.78 is 22.2. The van der Waals surface area contributed by atoms with Crippen molar-refractivity contribution >= 4 is 5.82 Å². The molecule has 158 valence electrons. The van der Waals surface area contributed by atoms with E-state index in [0.717, 1.165) is 30.8 Å². The first-order chi connectivity index (χ1) is 15.3. The van der Waals surface area contributed by atoms with Crippen molar-refractivity contribution in [2.24, 2.45) is 5.92 Å². The Kier molecular flexibility index (Phi) is 5.33. The normalized spacial score (nSPS) is 18.2. The number of aromatic nitrogens is 1. The topological polar surface area (TPSA) is 101 Å². The van der Waals surface area contributed by atoms with Gasteiger partial charge in [-0.15, -0.1) is 0 Å². The van der Waals surface area contributed by atoms with Gasteiger partial charge in [0.05, 0.1) is 33.0 Å². The van der Waals surface area contributed by atoms with Gasteiger partial charge in [-0.3, -0.25) is 0 Å². The molecule has 3 aliphatic rings. The lowest BCUT2D eigenvalue weighted by molar-refractivity contribution is -0.0796. The van der Waals surface area contributed by atoms with Gasteiger partial charge in [-0.2, -0.15) is 15.5 Å². The lowest BCUT2D eigenvalue weighted by atomic mass is 9.95. The van der Waals surface area contributed by atoms with E-state index in [9.17, 15) is 10.5 Å². The summed E-state index contributed by atoms with van der Waals surface area (Å²) in [6, 6.07) is 12.0. The van der Waals surface area contributed by atoms with Crippen LogP contribution in [0.15, 0.2) is 24.3 Å². The molecular formula is C23H22N4O4. The highest BCUT2D eigenvalue weighted by atomic mass is 16.6. The maximum atomic E-state index is 10.00. The van der Waals surface area contributed by atoms with E-state index in [1.807, 2.05) is 24.3 Å². The van der Waals surface area contributed by atoms with Gasteiger partial charge in [0.2, 0.25) is 5.88 Å². The highest BCUT2D eigenvalue weighted by Crippen LogP contribution is 2.39. The fourth-order valence-electron chi connectivity index (χ4n) is 3.66. The summed E-state index contributed by atoms with van der Waals surface area (Å²) in [7, 11) is 0. The Morgan fingerprint density at radius 1 is 1.00 bits per heavy atom. The van der Waals surface area contributed by atoms with Crippen molar-refractivity contribution in [1.82, 2.24) is 4.98 Å². The highest BCUT2D eigenvalue weighted by Gasteiger charge is 2.29. The van der Waals surface area contributed by atoms with Crippen molar-refractivity contribution in [2.75, 3.05) is 51.0 Å². The summed E-state index contributed by atoms with van der Waals surface area (Å²) in [6.07, 6.45) is 1.12. The largest absolute Gasteiger partial charge is 0.486 e. The van der Waals surface area contributed by atoms with Crippen molar-refractivity contribution in [2.45, 2.75) is 12.5 Å². The third-order valence-electron chi connectivity index (χ3n) is 5.74. The molecule has 5 rings (SSSR count). The molecule has 0 spiro atoms. The Morgan fingerprint density at radius 2 is 1.71 bits per heavy atom.